The Bertz CT molecular complexity index is 737. The van der Waals surface area contributed by atoms with Crippen molar-refractivity contribution in [2.45, 2.75) is 0 Å². The molecule has 0 aromatic heterocycles. The summed E-state index contributed by atoms with van der Waals surface area (Å²) < 4.78 is 65.6. The minimum Gasteiger partial charge on any atom is -0.508 e. The average Bonchev–Trinajstić information content (AvgIpc) is 2.51. The van der Waals surface area contributed by atoms with E-state index in [2.05, 4.69) is 0 Å². The van der Waals surface area contributed by atoms with Gasteiger partial charge in [-0.25, -0.2) is 22.0 Å². The summed E-state index contributed by atoms with van der Waals surface area (Å²) in [6, 6.07) is 4.89. The standard InChI is InChI=1S/C15H7F5O2/c16-11-9(12(17)14(19)15(20)13(11)18)5-6-10(22)7-1-3-8(21)4-2-7/h1-6,21H/b6-5+. The number of halogens is 5. The summed E-state index contributed by atoms with van der Waals surface area (Å²) in [5.74, 6) is -11.3. The lowest BCUT2D eigenvalue weighted by Gasteiger charge is -2.04. The van der Waals surface area contributed by atoms with Gasteiger partial charge in [0.1, 0.15) is 5.75 Å². The maximum absolute atomic E-state index is 13.4. The number of rotatable bonds is 3. The number of allylic oxidation sites excluding steroid dienone is 1. The van der Waals surface area contributed by atoms with Crippen LogP contribution in [-0.4, -0.2) is 10.9 Å². The number of aromatic hydroxyl groups is 1. The van der Waals surface area contributed by atoms with Gasteiger partial charge in [0, 0.05) is 5.56 Å². The molecule has 0 bridgehead atoms. The van der Waals surface area contributed by atoms with Gasteiger partial charge in [0.05, 0.1) is 5.56 Å². The Morgan fingerprint density at radius 3 is 1.77 bits per heavy atom. The smallest absolute Gasteiger partial charge is 0.200 e. The second-order valence-corrected chi connectivity index (χ2v) is 4.23. The normalized spacial score (nSPS) is 11.1. The molecule has 2 nitrogen and oxygen atoms in total. The van der Waals surface area contributed by atoms with Gasteiger partial charge >= 0.3 is 0 Å². The van der Waals surface area contributed by atoms with Crippen molar-refractivity contribution in [3.8, 4) is 5.75 Å². The molecule has 0 spiro atoms. The molecule has 114 valence electrons. The Morgan fingerprint density at radius 2 is 1.27 bits per heavy atom. The zero-order valence-electron chi connectivity index (χ0n) is 10.7. The molecule has 0 aliphatic carbocycles. The molecule has 7 heteroatoms. The Kier molecular flexibility index (Phi) is 4.25. The molecule has 0 aliphatic rings. The number of ketones is 1. The molecule has 0 aliphatic heterocycles. The fourth-order valence-electron chi connectivity index (χ4n) is 1.65. The minimum atomic E-state index is -2.27. The molecule has 0 amide bonds. The van der Waals surface area contributed by atoms with E-state index < -0.39 is 40.4 Å². The van der Waals surface area contributed by atoms with Gasteiger partial charge in [-0.05, 0) is 36.4 Å². The summed E-state index contributed by atoms with van der Waals surface area (Å²) in [7, 11) is 0. The van der Waals surface area contributed by atoms with Crippen molar-refractivity contribution in [2.75, 3.05) is 0 Å². The largest absolute Gasteiger partial charge is 0.508 e. The molecule has 0 unspecified atom stereocenters. The van der Waals surface area contributed by atoms with Gasteiger partial charge < -0.3 is 5.11 Å². The van der Waals surface area contributed by atoms with E-state index in [0.717, 1.165) is 0 Å². The van der Waals surface area contributed by atoms with Crippen LogP contribution >= 0.6 is 0 Å². The van der Waals surface area contributed by atoms with Crippen LogP contribution in [-0.2, 0) is 0 Å². The summed E-state index contributed by atoms with van der Waals surface area (Å²) in [6.07, 6.45) is 1.18. The predicted octanol–water partition coefficient (Wildman–Crippen LogP) is 3.98. The van der Waals surface area contributed by atoms with E-state index in [1.54, 1.807) is 0 Å². The molecule has 1 N–H and O–H groups in total. The summed E-state index contributed by atoms with van der Waals surface area (Å²) in [4.78, 5) is 11.7. The molecule has 2 rings (SSSR count). The molecule has 0 saturated carbocycles. The predicted molar refractivity (Wildman–Crippen MR) is 67.7 cm³/mol. The Balaban J connectivity index is 2.38. The average molecular weight is 314 g/mol. The highest BCUT2D eigenvalue weighted by Crippen LogP contribution is 2.24. The van der Waals surface area contributed by atoms with Crippen LogP contribution in [0.25, 0.3) is 6.08 Å². The Morgan fingerprint density at radius 1 is 0.818 bits per heavy atom. The van der Waals surface area contributed by atoms with Gasteiger partial charge in [-0.2, -0.15) is 0 Å². The third-order valence-corrected chi connectivity index (χ3v) is 2.80. The van der Waals surface area contributed by atoms with E-state index in [9.17, 15) is 26.7 Å². The quantitative estimate of drug-likeness (QED) is 0.306. The van der Waals surface area contributed by atoms with Crippen molar-refractivity contribution in [3.05, 3.63) is 70.6 Å². The van der Waals surface area contributed by atoms with Crippen LogP contribution in [0.3, 0.4) is 0 Å². The van der Waals surface area contributed by atoms with E-state index in [0.29, 0.717) is 12.2 Å². The summed E-state index contributed by atoms with van der Waals surface area (Å²) in [5.41, 5.74) is -1.14. The zero-order valence-corrected chi connectivity index (χ0v) is 10.7. The molecular weight excluding hydrogens is 307 g/mol. The minimum absolute atomic E-state index is 0.0675. The van der Waals surface area contributed by atoms with Gasteiger partial charge in [0.15, 0.2) is 29.1 Å². The third-order valence-electron chi connectivity index (χ3n) is 2.80. The zero-order chi connectivity index (χ0) is 16.4. The van der Waals surface area contributed by atoms with Crippen LogP contribution in [0.15, 0.2) is 30.3 Å². The maximum Gasteiger partial charge on any atom is 0.200 e. The second kappa shape index (κ2) is 5.97. The summed E-state index contributed by atoms with van der Waals surface area (Å²) >= 11 is 0. The lowest BCUT2D eigenvalue weighted by Crippen LogP contribution is -2.04. The van der Waals surface area contributed by atoms with Crippen molar-refractivity contribution < 1.29 is 31.9 Å². The highest BCUT2D eigenvalue weighted by molar-refractivity contribution is 6.06. The lowest BCUT2D eigenvalue weighted by atomic mass is 10.1. The number of carbonyl (C=O) groups excluding carboxylic acids is 1. The fourth-order valence-corrected chi connectivity index (χ4v) is 1.65. The maximum atomic E-state index is 13.4. The van der Waals surface area contributed by atoms with Gasteiger partial charge in [-0.15, -0.1) is 0 Å². The molecule has 0 atom stereocenters. The molecule has 2 aromatic rings. The van der Waals surface area contributed by atoms with E-state index >= 15 is 0 Å². The summed E-state index contributed by atoms with van der Waals surface area (Å²) in [6.45, 7) is 0. The van der Waals surface area contributed by atoms with Crippen LogP contribution in [0, 0.1) is 29.1 Å². The van der Waals surface area contributed by atoms with Crippen molar-refractivity contribution in [3.63, 3.8) is 0 Å². The number of benzene rings is 2. The van der Waals surface area contributed by atoms with Crippen molar-refractivity contribution >= 4 is 11.9 Å². The number of hydrogen-bond acceptors (Lipinski definition) is 2. The van der Waals surface area contributed by atoms with Gasteiger partial charge in [-0.1, -0.05) is 0 Å². The third kappa shape index (κ3) is 2.83. The van der Waals surface area contributed by atoms with Crippen molar-refractivity contribution in [2.24, 2.45) is 0 Å². The van der Waals surface area contributed by atoms with E-state index in [4.69, 9.17) is 5.11 Å². The highest BCUT2D eigenvalue weighted by atomic mass is 19.2. The van der Waals surface area contributed by atoms with Crippen LogP contribution in [0.2, 0.25) is 0 Å². The van der Waals surface area contributed by atoms with E-state index in [1.165, 1.54) is 24.3 Å². The van der Waals surface area contributed by atoms with E-state index in [1.807, 2.05) is 0 Å². The molecule has 22 heavy (non-hydrogen) atoms. The van der Waals surface area contributed by atoms with Crippen molar-refractivity contribution in [1.82, 2.24) is 0 Å². The molecule has 0 fully saturated rings. The van der Waals surface area contributed by atoms with Gasteiger partial charge in [0.25, 0.3) is 0 Å². The van der Waals surface area contributed by atoms with Gasteiger partial charge in [-0.3, -0.25) is 4.79 Å². The van der Waals surface area contributed by atoms with Crippen molar-refractivity contribution in [1.29, 1.82) is 0 Å². The Labute approximate surface area is 121 Å². The summed E-state index contributed by atoms with van der Waals surface area (Å²) in [5, 5.41) is 9.06. The SMILES string of the molecule is O=C(/C=C/c1c(F)c(F)c(F)c(F)c1F)c1ccc(O)cc1. The Hall–Kier alpha value is -2.70. The molecular formula is C15H7F5O2. The van der Waals surface area contributed by atoms with Crippen LogP contribution in [0.5, 0.6) is 5.75 Å². The molecule has 0 heterocycles. The fraction of sp³-hybridized carbons (Fsp3) is 0. The second-order valence-electron chi connectivity index (χ2n) is 4.23. The first kappa shape index (κ1) is 15.7. The first-order chi connectivity index (χ1) is 10.3. The number of phenolic OH excluding ortho intramolecular Hbond substituents is 1. The first-order valence-electron chi connectivity index (χ1n) is 5.85. The lowest BCUT2D eigenvalue weighted by molar-refractivity contribution is 0.104. The van der Waals surface area contributed by atoms with Crippen LogP contribution in [0.1, 0.15) is 15.9 Å². The monoisotopic (exact) mass is 314 g/mol. The van der Waals surface area contributed by atoms with Crippen LogP contribution < -0.4 is 0 Å². The number of carbonyl (C=O) groups is 1. The highest BCUT2D eigenvalue weighted by Gasteiger charge is 2.24. The molecule has 0 radical (unpaired) electrons. The number of hydrogen-bond donors (Lipinski definition) is 1. The molecule has 0 saturated heterocycles. The molecule has 2 aromatic carbocycles. The number of phenols is 1. The van der Waals surface area contributed by atoms with E-state index in [-0.39, 0.29) is 11.3 Å². The first-order valence-corrected chi connectivity index (χ1v) is 5.85. The topological polar surface area (TPSA) is 37.3 Å². The van der Waals surface area contributed by atoms with Crippen LogP contribution in [0.4, 0.5) is 22.0 Å². The van der Waals surface area contributed by atoms with Gasteiger partial charge in [0.2, 0.25) is 5.82 Å².